The summed E-state index contributed by atoms with van der Waals surface area (Å²) in [5.41, 5.74) is 1.52. The van der Waals surface area contributed by atoms with E-state index >= 15 is 0 Å². The monoisotopic (exact) mass is 257 g/mol. The van der Waals surface area contributed by atoms with Crippen molar-refractivity contribution in [1.29, 1.82) is 0 Å². The minimum atomic E-state index is 0.524. The summed E-state index contributed by atoms with van der Waals surface area (Å²) < 4.78 is 5.91. The molecule has 2 atom stereocenters. The van der Waals surface area contributed by atoms with Gasteiger partial charge in [-0.15, -0.1) is 0 Å². The van der Waals surface area contributed by atoms with Crippen LogP contribution in [-0.4, -0.2) is 24.8 Å². The molecule has 1 heterocycles. The van der Waals surface area contributed by atoms with Crippen LogP contribution in [-0.2, 0) is 4.74 Å². The van der Waals surface area contributed by atoms with Crippen LogP contribution in [0.4, 0.5) is 0 Å². The largest absolute Gasteiger partial charge is 0.376 e. The van der Waals surface area contributed by atoms with Gasteiger partial charge in [-0.2, -0.15) is 0 Å². The van der Waals surface area contributed by atoms with Gasteiger partial charge < -0.3 is 10.1 Å². The van der Waals surface area contributed by atoms with Gasteiger partial charge in [-0.05, 0) is 49.5 Å². The first kappa shape index (κ1) is 11.9. The van der Waals surface area contributed by atoms with Gasteiger partial charge in [-0.25, -0.2) is 0 Å². The molecule has 1 aromatic carbocycles. The molecule has 2 unspecified atom stereocenters. The van der Waals surface area contributed by atoms with E-state index in [1.165, 1.54) is 37.7 Å². The van der Waals surface area contributed by atoms with Crippen molar-refractivity contribution in [1.82, 2.24) is 5.32 Å². The van der Waals surface area contributed by atoms with Crippen LogP contribution in [0.15, 0.2) is 30.3 Å². The highest BCUT2D eigenvalue weighted by molar-refractivity contribution is 5.22. The third-order valence-corrected chi connectivity index (χ3v) is 5.08. The van der Waals surface area contributed by atoms with Gasteiger partial charge in [0.2, 0.25) is 0 Å². The Hall–Kier alpha value is -0.860. The first-order valence-electron chi connectivity index (χ1n) is 7.83. The zero-order valence-corrected chi connectivity index (χ0v) is 11.4. The number of nitrogens with one attached hydrogen (secondary N) is 1. The molecule has 102 valence electrons. The maximum Gasteiger partial charge on any atom is 0.0757 e. The summed E-state index contributed by atoms with van der Waals surface area (Å²) in [6, 6.07) is 12.3. The van der Waals surface area contributed by atoms with E-state index in [0.717, 1.165) is 24.5 Å². The molecule has 0 radical (unpaired) electrons. The molecule has 2 heteroatoms. The average molecular weight is 257 g/mol. The van der Waals surface area contributed by atoms with Crippen molar-refractivity contribution in [2.45, 2.75) is 56.2 Å². The normalized spacial score (nSPS) is 38.1. The summed E-state index contributed by atoms with van der Waals surface area (Å²) in [5, 5.41) is 3.86. The van der Waals surface area contributed by atoms with Gasteiger partial charge in [0.05, 0.1) is 6.10 Å². The van der Waals surface area contributed by atoms with E-state index in [1.54, 1.807) is 0 Å². The molecule has 1 aliphatic heterocycles. The third-order valence-electron chi connectivity index (χ3n) is 5.08. The van der Waals surface area contributed by atoms with Gasteiger partial charge in [-0.1, -0.05) is 30.3 Å². The molecule has 0 aromatic heterocycles. The lowest BCUT2D eigenvalue weighted by Gasteiger charge is -2.39. The minimum Gasteiger partial charge on any atom is -0.376 e. The molecule has 1 N–H and O–H groups in total. The van der Waals surface area contributed by atoms with Crippen LogP contribution >= 0.6 is 0 Å². The van der Waals surface area contributed by atoms with Crippen LogP contribution in [0.3, 0.4) is 0 Å². The topological polar surface area (TPSA) is 21.3 Å². The van der Waals surface area contributed by atoms with Crippen molar-refractivity contribution >= 4 is 0 Å². The summed E-state index contributed by atoms with van der Waals surface area (Å²) in [6.07, 6.45) is 7.12. The van der Waals surface area contributed by atoms with E-state index in [-0.39, 0.29) is 0 Å². The number of hydrogen-bond donors (Lipinski definition) is 1. The van der Waals surface area contributed by atoms with Crippen LogP contribution in [0, 0.1) is 5.92 Å². The molecule has 19 heavy (non-hydrogen) atoms. The van der Waals surface area contributed by atoms with Crippen molar-refractivity contribution in [2.75, 3.05) is 6.61 Å². The molecule has 2 aliphatic carbocycles. The Kier molecular flexibility index (Phi) is 3.08. The second kappa shape index (κ2) is 4.92. The average Bonchev–Trinajstić information content (AvgIpc) is 3.14. The van der Waals surface area contributed by atoms with Crippen LogP contribution < -0.4 is 5.32 Å². The number of ether oxygens (including phenoxy) is 1. The van der Waals surface area contributed by atoms with Gasteiger partial charge in [0.1, 0.15) is 0 Å². The fourth-order valence-electron chi connectivity index (χ4n) is 3.73. The molecule has 4 rings (SSSR count). The maximum atomic E-state index is 5.91. The lowest BCUT2D eigenvalue weighted by Crippen LogP contribution is -2.49. The van der Waals surface area contributed by atoms with E-state index in [1.807, 2.05) is 0 Å². The highest BCUT2D eigenvalue weighted by Gasteiger charge is 2.42. The zero-order valence-electron chi connectivity index (χ0n) is 11.4. The first-order chi connectivity index (χ1) is 9.40. The van der Waals surface area contributed by atoms with Crippen molar-refractivity contribution < 1.29 is 4.74 Å². The van der Waals surface area contributed by atoms with E-state index in [9.17, 15) is 0 Å². The molecule has 3 fully saturated rings. The molecule has 2 saturated carbocycles. The molecular weight excluding hydrogens is 234 g/mol. The Morgan fingerprint density at radius 1 is 1.00 bits per heavy atom. The predicted molar refractivity (Wildman–Crippen MR) is 76.2 cm³/mol. The second-order valence-electron chi connectivity index (χ2n) is 6.51. The Balaban J connectivity index is 1.29. The number of hydrogen-bond acceptors (Lipinski definition) is 2. The first-order valence-corrected chi connectivity index (χ1v) is 7.83. The highest BCUT2D eigenvalue weighted by Crippen LogP contribution is 2.41. The molecule has 0 spiro atoms. The summed E-state index contributed by atoms with van der Waals surface area (Å²) in [6.45, 7) is 0.966. The van der Waals surface area contributed by atoms with Gasteiger partial charge in [-0.3, -0.25) is 0 Å². The summed E-state index contributed by atoms with van der Waals surface area (Å²) in [4.78, 5) is 0. The minimum absolute atomic E-state index is 0.524. The second-order valence-corrected chi connectivity index (χ2v) is 6.51. The van der Waals surface area contributed by atoms with E-state index in [2.05, 4.69) is 35.6 Å². The van der Waals surface area contributed by atoms with Gasteiger partial charge in [0, 0.05) is 18.7 Å². The smallest absolute Gasteiger partial charge is 0.0757 e. The molecule has 0 bridgehead atoms. The fourth-order valence-corrected chi connectivity index (χ4v) is 3.73. The van der Waals surface area contributed by atoms with Gasteiger partial charge in [0.15, 0.2) is 0 Å². The van der Waals surface area contributed by atoms with Crippen molar-refractivity contribution in [3.63, 3.8) is 0 Å². The lowest BCUT2D eigenvalue weighted by atomic mass is 9.75. The van der Waals surface area contributed by atoms with Gasteiger partial charge >= 0.3 is 0 Å². The predicted octanol–water partition coefficient (Wildman–Crippen LogP) is 3.09. The molecule has 1 saturated heterocycles. The number of rotatable bonds is 4. The van der Waals surface area contributed by atoms with Crippen LogP contribution in [0.1, 0.15) is 43.6 Å². The standard InChI is InChI=1S/C17H23NO/c1-2-4-12(5-3-1)14-10-15(11-14)18-16-8-9-19-17(16)13-6-7-13/h1-5,13-18H,6-11H2. The Morgan fingerprint density at radius 3 is 2.53 bits per heavy atom. The lowest BCUT2D eigenvalue weighted by molar-refractivity contribution is 0.0749. The fraction of sp³-hybridized carbons (Fsp3) is 0.647. The quantitative estimate of drug-likeness (QED) is 0.895. The SMILES string of the molecule is c1ccc(C2CC(NC3CCOC3C3CC3)C2)cc1. The Labute approximate surface area is 115 Å². The number of benzene rings is 1. The summed E-state index contributed by atoms with van der Waals surface area (Å²) in [5.74, 6) is 1.64. The van der Waals surface area contributed by atoms with Crippen LogP contribution in [0.2, 0.25) is 0 Å². The van der Waals surface area contributed by atoms with E-state index < -0.39 is 0 Å². The highest BCUT2D eigenvalue weighted by atomic mass is 16.5. The zero-order chi connectivity index (χ0) is 12.7. The molecule has 3 aliphatic rings. The molecule has 2 nitrogen and oxygen atoms in total. The third kappa shape index (κ3) is 2.44. The van der Waals surface area contributed by atoms with Crippen molar-refractivity contribution in [2.24, 2.45) is 5.92 Å². The Bertz CT molecular complexity index is 422. The van der Waals surface area contributed by atoms with Gasteiger partial charge in [0.25, 0.3) is 0 Å². The van der Waals surface area contributed by atoms with Crippen LogP contribution in [0.25, 0.3) is 0 Å². The summed E-state index contributed by atoms with van der Waals surface area (Å²) in [7, 11) is 0. The molecule has 0 amide bonds. The maximum absolute atomic E-state index is 5.91. The van der Waals surface area contributed by atoms with Crippen LogP contribution in [0.5, 0.6) is 0 Å². The van der Waals surface area contributed by atoms with E-state index in [4.69, 9.17) is 4.74 Å². The van der Waals surface area contributed by atoms with Crippen molar-refractivity contribution in [3.05, 3.63) is 35.9 Å². The van der Waals surface area contributed by atoms with E-state index in [0.29, 0.717) is 12.1 Å². The molecular formula is C17H23NO. The van der Waals surface area contributed by atoms with Crippen molar-refractivity contribution in [3.8, 4) is 0 Å². The molecule has 1 aromatic rings. The Morgan fingerprint density at radius 2 is 1.79 bits per heavy atom. The summed E-state index contributed by atoms with van der Waals surface area (Å²) >= 11 is 0.